The summed E-state index contributed by atoms with van der Waals surface area (Å²) in [6, 6.07) is 9.78. The Balaban J connectivity index is 1.61. The molecule has 0 spiro atoms. The number of aromatic nitrogens is 2. The number of para-hydroxylation sites is 2. The molecule has 8 heteroatoms. The van der Waals surface area contributed by atoms with Gasteiger partial charge in [0, 0.05) is 19.1 Å². The number of ether oxygens (including phenoxy) is 1. The highest BCUT2D eigenvalue weighted by Gasteiger charge is 2.33. The van der Waals surface area contributed by atoms with Crippen molar-refractivity contribution in [2.24, 2.45) is 5.92 Å². The van der Waals surface area contributed by atoms with Gasteiger partial charge in [0.15, 0.2) is 11.7 Å². The number of piperidine rings is 1. The fourth-order valence-corrected chi connectivity index (χ4v) is 4.79. The van der Waals surface area contributed by atoms with E-state index < -0.39 is 5.92 Å². The van der Waals surface area contributed by atoms with E-state index in [2.05, 4.69) is 11.4 Å². The molecule has 2 aliphatic rings. The summed E-state index contributed by atoms with van der Waals surface area (Å²) in [6.45, 7) is 3.36. The summed E-state index contributed by atoms with van der Waals surface area (Å²) in [5.74, 6) is -1.09. The number of rotatable bonds is 6. The van der Waals surface area contributed by atoms with Crippen LogP contribution in [0.1, 0.15) is 63.5 Å². The molecule has 1 aromatic heterocycles. The van der Waals surface area contributed by atoms with E-state index in [9.17, 15) is 14.9 Å². The Morgan fingerprint density at radius 3 is 2.42 bits per heavy atom. The highest BCUT2D eigenvalue weighted by Crippen LogP contribution is 2.31. The minimum atomic E-state index is -1.04. The highest BCUT2D eigenvalue weighted by molar-refractivity contribution is 5.89. The van der Waals surface area contributed by atoms with Crippen LogP contribution in [0.5, 0.6) is 0 Å². The van der Waals surface area contributed by atoms with Gasteiger partial charge >= 0.3 is 5.97 Å². The van der Waals surface area contributed by atoms with E-state index in [0.29, 0.717) is 55.1 Å². The van der Waals surface area contributed by atoms with Gasteiger partial charge in [-0.2, -0.15) is 5.26 Å². The predicted octanol–water partition coefficient (Wildman–Crippen LogP) is 3.47. The molecule has 1 atom stereocenters. The Labute approximate surface area is 194 Å². The molecule has 1 saturated heterocycles. The van der Waals surface area contributed by atoms with E-state index in [1.165, 1.54) is 6.42 Å². The number of carbonyl (C=O) groups is 2. The summed E-state index contributed by atoms with van der Waals surface area (Å²) in [6.07, 6.45) is 6.55. The Hall–Kier alpha value is -3.21. The number of nitrogens with one attached hydrogen (secondary N) is 1. The van der Waals surface area contributed by atoms with Crippen molar-refractivity contribution in [3.05, 3.63) is 30.0 Å². The van der Waals surface area contributed by atoms with Crippen molar-refractivity contribution in [1.29, 1.82) is 5.26 Å². The molecule has 4 rings (SSSR count). The largest absolute Gasteiger partial charge is 0.466 e. The molecule has 1 aliphatic carbocycles. The number of carbonyl (C=O) groups excluding carboxylic acids is 2. The van der Waals surface area contributed by atoms with Crippen LogP contribution >= 0.6 is 0 Å². The van der Waals surface area contributed by atoms with Gasteiger partial charge in [-0.1, -0.05) is 31.4 Å². The van der Waals surface area contributed by atoms with E-state index in [1.54, 1.807) is 0 Å². The van der Waals surface area contributed by atoms with Crippen LogP contribution in [-0.4, -0.2) is 47.6 Å². The Morgan fingerprint density at radius 2 is 1.79 bits per heavy atom. The number of benzene rings is 1. The van der Waals surface area contributed by atoms with Crippen molar-refractivity contribution in [3.63, 3.8) is 0 Å². The van der Waals surface area contributed by atoms with E-state index in [-0.39, 0.29) is 23.8 Å². The van der Waals surface area contributed by atoms with Crippen LogP contribution in [0.4, 0.5) is 5.82 Å². The lowest BCUT2D eigenvalue weighted by atomic mass is 9.94. The van der Waals surface area contributed by atoms with E-state index in [4.69, 9.17) is 14.7 Å². The predicted molar refractivity (Wildman–Crippen MR) is 124 cm³/mol. The van der Waals surface area contributed by atoms with Gasteiger partial charge in [-0.05, 0) is 44.7 Å². The van der Waals surface area contributed by atoms with Gasteiger partial charge in [-0.25, -0.2) is 9.97 Å². The fourth-order valence-electron chi connectivity index (χ4n) is 4.79. The highest BCUT2D eigenvalue weighted by atomic mass is 16.5. The molecule has 1 N–H and O–H groups in total. The number of nitrogens with zero attached hydrogens (tertiary/aromatic N) is 4. The van der Waals surface area contributed by atoms with E-state index in [0.717, 1.165) is 25.7 Å². The minimum Gasteiger partial charge on any atom is -0.466 e. The third kappa shape index (κ3) is 5.24. The molecule has 0 bridgehead atoms. The first-order valence-electron chi connectivity index (χ1n) is 12.0. The van der Waals surface area contributed by atoms with Crippen molar-refractivity contribution < 1.29 is 14.3 Å². The summed E-state index contributed by atoms with van der Waals surface area (Å²) in [5.41, 5.74) is 1.76. The number of hydrogen-bond donors (Lipinski definition) is 1. The van der Waals surface area contributed by atoms with Crippen LogP contribution in [0.25, 0.3) is 11.0 Å². The van der Waals surface area contributed by atoms with Crippen LogP contribution in [0.3, 0.4) is 0 Å². The fraction of sp³-hybridized carbons (Fsp3) is 0.560. The number of nitriles is 1. The third-order valence-corrected chi connectivity index (χ3v) is 6.61. The van der Waals surface area contributed by atoms with Gasteiger partial charge in [0.05, 0.1) is 29.6 Å². The number of fused-ring (bicyclic) bond motifs is 1. The number of anilines is 1. The molecule has 8 nitrogen and oxygen atoms in total. The molecule has 33 heavy (non-hydrogen) atoms. The molecular weight excluding hydrogens is 418 g/mol. The van der Waals surface area contributed by atoms with Crippen LogP contribution in [0, 0.1) is 17.2 Å². The minimum absolute atomic E-state index is 0.110. The summed E-state index contributed by atoms with van der Waals surface area (Å²) in [7, 11) is 0. The summed E-state index contributed by atoms with van der Waals surface area (Å²) in [5, 5.41) is 13.1. The topological polar surface area (TPSA) is 108 Å². The lowest BCUT2D eigenvalue weighted by Gasteiger charge is -2.33. The van der Waals surface area contributed by atoms with Gasteiger partial charge in [0.25, 0.3) is 0 Å². The first kappa shape index (κ1) is 23.0. The molecule has 1 aliphatic heterocycles. The van der Waals surface area contributed by atoms with Crippen molar-refractivity contribution in [1.82, 2.24) is 15.3 Å². The lowest BCUT2D eigenvalue weighted by molar-refractivity contribution is -0.148. The molecule has 1 amide bonds. The molecule has 1 unspecified atom stereocenters. The number of esters is 1. The van der Waals surface area contributed by atoms with Crippen molar-refractivity contribution in [2.45, 2.75) is 63.8 Å². The third-order valence-electron chi connectivity index (χ3n) is 6.61. The van der Waals surface area contributed by atoms with Crippen LogP contribution in [-0.2, 0) is 14.3 Å². The zero-order valence-corrected chi connectivity index (χ0v) is 19.1. The second-order valence-corrected chi connectivity index (χ2v) is 8.84. The normalized spacial score (nSPS) is 18.5. The smallest absolute Gasteiger partial charge is 0.309 e. The Morgan fingerprint density at radius 1 is 1.12 bits per heavy atom. The van der Waals surface area contributed by atoms with E-state index >= 15 is 0 Å². The number of hydrogen-bond acceptors (Lipinski definition) is 7. The first-order chi connectivity index (χ1) is 16.1. The molecule has 2 fully saturated rings. The van der Waals surface area contributed by atoms with Gasteiger partial charge in [-0.15, -0.1) is 0 Å². The maximum Gasteiger partial charge on any atom is 0.309 e. The zero-order valence-electron chi connectivity index (χ0n) is 19.1. The molecule has 1 saturated carbocycles. The second-order valence-electron chi connectivity index (χ2n) is 8.84. The summed E-state index contributed by atoms with van der Waals surface area (Å²) < 4.78 is 5.18. The van der Waals surface area contributed by atoms with Crippen molar-refractivity contribution in [3.8, 4) is 6.07 Å². The molecule has 174 valence electrons. The van der Waals surface area contributed by atoms with Crippen LogP contribution in [0.15, 0.2) is 24.3 Å². The maximum absolute atomic E-state index is 13.1. The first-order valence-corrected chi connectivity index (χ1v) is 12.0. The number of amides is 1. The van der Waals surface area contributed by atoms with Crippen LogP contribution < -0.4 is 10.2 Å². The van der Waals surface area contributed by atoms with E-state index in [1.807, 2.05) is 36.1 Å². The average molecular weight is 450 g/mol. The molecule has 1 aromatic carbocycles. The van der Waals surface area contributed by atoms with Gasteiger partial charge in [0.1, 0.15) is 5.69 Å². The Kier molecular flexibility index (Phi) is 7.38. The zero-order chi connectivity index (χ0) is 23.2. The lowest BCUT2D eigenvalue weighted by Crippen LogP contribution is -2.41. The second kappa shape index (κ2) is 10.6. The van der Waals surface area contributed by atoms with Gasteiger partial charge in [-0.3, -0.25) is 9.59 Å². The van der Waals surface area contributed by atoms with Gasteiger partial charge in [0.2, 0.25) is 5.91 Å². The van der Waals surface area contributed by atoms with Crippen molar-refractivity contribution in [2.75, 3.05) is 24.6 Å². The quantitative estimate of drug-likeness (QED) is 0.673. The molecule has 0 radical (unpaired) electrons. The Bertz CT molecular complexity index is 1040. The summed E-state index contributed by atoms with van der Waals surface area (Å²) >= 11 is 0. The summed E-state index contributed by atoms with van der Waals surface area (Å²) in [4.78, 5) is 36.9. The average Bonchev–Trinajstić information content (AvgIpc) is 2.85. The SMILES string of the molecule is CCOC(=O)C1CCN(c2nc3ccccc3nc2C(C#N)C(=O)NC2CCCCC2)CC1. The monoisotopic (exact) mass is 449 g/mol. The van der Waals surface area contributed by atoms with Gasteiger partial charge < -0.3 is 15.0 Å². The standard InChI is InChI=1S/C25H31N5O3/c1-2-33-25(32)17-12-14-30(15-13-17)23-22(28-20-10-6-7-11-21(20)29-23)19(16-26)24(31)27-18-8-4-3-5-9-18/h6-7,10-11,17-19H,2-5,8-9,12-15H2,1H3,(H,27,31). The van der Waals surface area contributed by atoms with Crippen molar-refractivity contribution >= 4 is 28.7 Å². The molecule has 2 aromatic rings. The molecular formula is C25H31N5O3. The molecule has 2 heterocycles. The van der Waals surface area contributed by atoms with Crippen LogP contribution in [0.2, 0.25) is 0 Å². The maximum atomic E-state index is 13.1.